The van der Waals surface area contributed by atoms with E-state index in [-0.39, 0.29) is 37.7 Å². The topological polar surface area (TPSA) is 74.6 Å². The Morgan fingerprint density at radius 3 is 1.24 bits per heavy atom. The molecule has 0 amide bonds. The van der Waals surface area contributed by atoms with E-state index in [4.69, 9.17) is 10.2 Å². The fourth-order valence-corrected chi connectivity index (χ4v) is 0.498. The van der Waals surface area contributed by atoms with Gasteiger partial charge in [0, 0.05) is 12.2 Å². The number of rotatable bonds is 4. The minimum absolute atomic E-state index is 0. The molecule has 0 atom stereocenters. The van der Waals surface area contributed by atoms with E-state index in [1.807, 2.05) is 13.8 Å². The van der Waals surface area contributed by atoms with E-state index < -0.39 is 11.9 Å². The van der Waals surface area contributed by atoms with E-state index in [2.05, 4.69) is 0 Å². The van der Waals surface area contributed by atoms with Gasteiger partial charge in [-0.2, -0.15) is 0 Å². The first-order chi connectivity index (χ1) is 7.54. The van der Waals surface area contributed by atoms with Gasteiger partial charge in [-0.1, -0.05) is 36.5 Å². The van der Waals surface area contributed by atoms with Crippen LogP contribution in [0.15, 0.2) is 48.6 Å². The summed E-state index contributed by atoms with van der Waals surface area (Å²) in [5.74, 6) is -1.83. The summed E-state index contributed by atoms with van der Waals surface area (Å²) in [5.41, 5.74) is 0. The predicted octanol–water partition coefficient (Wildman–Crippen LogP) is 1.49. The second-order valence-electron chi connectivity index (χ2n) is 2.45. The van der Waals surface area contributed by atoms with Crippen molar-refractivity contribution in [2.24, 2.45) is 0 Å². The van der Waals surface area contributed by atoms with Crippen LogP contribution in [0.3, 0.4) is 0 Å². The summed E-state index contributed by atoms with van der Waals surface area (Å²) < 4.78 is 0. The number of aliphatic carboxylic acids is 2. The van der Waals surface area contributed by atoms with Gasteiger partial charge in [0.1, 0.15) is 0 Å². The molecule has 92 valence electrons. The van der Waals surface area contributed by atoms with Crippen LogP contribution in [0.4, 0.5) is 0 Å². The first-order valence-corrected chi connectivity index (χ1v) is 4.59. The van der Waals surface area contributed by atoms with Crippen molar-refractivity contribution >= 4 is 49.7 Å². The molecule has 0 saturated heterocycles. The summed E-state index contributed by atoms with van der Waals surface area (Å²) in [5, 5.41) is 16.0. The molecule has 0 bridgehead atoms. The van der Waals surface area contributed by atoms with E-state index in [0.717, 1.165) is 12.2 Å². The molecule has 0 aromatic rings. The van der Waals surface area contributed by atoms with Crippen LogP contribution in [0.2, 0.25) is 0 Å². The standard InChI is InChI=1S/2C6H8O2.Ca.2H/c2*1-2-3-4-5-6(7)8;;;/h2*2-5H,1H3,(H,7,8);;;/b2*3-2+,5-4+;;;. The summed E-state index contributed by atoms with van der Waals surface area (Å²) in [7, 11) is 0. The molecule has 0 heterocycles. The number of carboxylic acids is 2. The Morgan fingerprint density at radius 1 is 0.765 bits per heavy atom. The summed E-state index contributed by atoms with van der Waals surface area (Å²) in [6.07, 6.45) is 12.0. The van der Waals surface area contributed by atoms with Crippen LogP contribution in [0.25, 0.3) is 0 Å². The van der Waals surface area contributed by atoms with E-state index in [1.165, 1.54) is 12.2 Å². The van der Waals surface area contributed by atoms with Gasteiger partial charge in [0.2, 0.25) is 0 Å². The molecule has 0 fully saturated rings. The average molecular weight is 266 g/mol. The quantitative estimate of drug-likeness (QED) is 0.459. The number of hydrogen-bond donors (Lipinski definition) is 2. The molecule has 0 aromatic heterocycles. The van der Waals surface area contributed by atoms with Gasteiger partial charge >= 0.3 is 49.7 Å². The third-order valence-electron chi connectivity index (χ3n) is 1.08. The van der Waals surface area contributed by atoms with Gasteiger partial charge in [0.05, 0.1) is 0 Å². The molecule has 0 rings (SSSR count). The van der Waals surface area contributed by atoms with Crippen LogP contribution in [0.1, 0.15) is 13.8 Å². The first kappa shape index (κ1) is 21.4. The minimum atomic E-state index is -0.914. The van der Waals surface area contributed by atoms with Crippen molar-refractivity contribution in [2.45, 2.75) is 13.8 Å². The fraction of sp³-hybridized carbons (Fsp3) is 0.167. The molecular weight excluding hydrogens is 248 g/mol. The second-order valence-corrected chi connectivity index (χ2v) is 2.45. The molecule has 0 aromatic carbocycles. The zero-order valence-electron chi connectivity index (χ0n) is 9.33. The first-order valence-electron chi connectivity index (χ1n) is 4.59. The molecule has 0 saturated carbocycles. The van der Waals surface area contributed by atoms with Crippen molar-refractivity contribution in [3.05, 3.63) is 48.6 Å². The number of carbonyl (C=O) groups is 2. The Labute approximate surface area is 131 Å². The molecule has 0 aliphatic heterocycles. The predicted molar refractivity (Wildman–Crippen MR) is 71.7 cm³/mol. The van der Waals surface area contributed by atoms with Crippen LogP contribution >= 0.6 is 0 Å². The van der Waals surface area contributed by atoms with Crippen molar-refractivity contribution < 1.29 is 19.8 Å². The van der Waals surface area contributed by atoms with Gasteiger partial charge < -0.3 is 10.2 Å². The molecule has 4 nitrogen and oxygen atoms in total. The molecule has 5 heteroatoms. The Hall–Kier alpha value is -0.840. The van der Waals surface area contributed by atoms with Gasteiger partial charge in [0.25, 0.3) is 0 Å². The summed E-state index contributed by atoms with van der Waals surface area (Å²) in [4.78, 5) is 19.5. The zero-order chi connectivity index (χ0) is 12.8. The monoisotopic (exact) mass is 266 g/mol. The van der Waals surface area contributed by atoms with Gasteiger partial charge in [-0.05, 0) is 13.8 Å². The van der Waals surface area contributed by atoms with Gasteiger partial charge in [-0.3, -0.25) is 0 Å². The molecule has 2 N–H and O–H groups in total. The Morgan fingerprint density at radius 2 is 1.06 bits per heavy atom. The van der Waals surface area contributed by atoms with Crippen molar-refractivity contribution in [3.63, 3.8) is 0 Å². The van der Waals surface area contributed by atoms with Crippen molar-refractivity contribution in [2.75, 3.05) is 0 Å². The fourth-order valence-electron chi connectivity index (χ4n) is 0.498. The van der Waals surface area contributed by atoms with E-state index in [9.17, 15) is 9.59 Å². The number of carboxylic acid groups (broad SMARTS) is 2. The molecule has 0 aliphatic carbocycles. The molecule has 0 spiro atoms. The third-order valence-corrected chi connectivity index (χ3v) is 1.08. The van der Waals surface area contributed by atoms with Crippen molar-refractivity contribution in [1.82, 2.24) is 0 Å². The normalized spacial score (nSPS) is 10.5. The number of allylic oxidation sites excluding steroid dienone is 6. The van der Waals surface area contributed by atoms with E-state index in [0.29, 0.717) is 0 Å². The second kappa shape index (κ2) is 17.6. The maximum absolute atomic E-state index is 9.75. The van der Waals surface area contributed by atoms with E-state index >= 15 is 0 Å². The molecule has 17 heavy (non-hydrogen) atoms. The van der Waals surface area contributed by atoms with Crippen LogP contribution in [0.5, 0.6) is 0 Å². The van der Waals surface area contributed by atoms with Crippen LogP contribution in [-0.4, -0.2) is 59.9 Å². The zero-order valence-corrected chi connectivity index (χ0v) is 9.33. The molecular formula is C12H18CaO4. The van der Waals surface area contributed by atoms with Crippen molar-refractivity contribution in [3.8, 4) is 0 Å². The average Bonchev–Trinajstić information content (AvgIpc) is 2.18. The van der Waals surface area contributed by atoms with Gasteiger partial charge in [-0.15, -0.1) is 0 Å². The summed E-state index contributed by atoms with van der Waals surface area (Å²) in [6, 6.07) is 0. The summed E-state index contributed by atoms with van der Waals surface area (Å²) in [6.45, 7) is 3.65. The van der Waals surface area contributed by atoms with Crippen LogP contribution < -0.4 is 0 Å². The third kappa shape index (κ3) is 31.3. The summed E-state index contributed by atoms with van der Waals surface area (Å²) >= 11 is 0. The Balaban J connectivity index is -0.000000218. The van der Waals surface area contributed by atoms with Crippen molar-refractivity contribution in [1.29, 1.82) is 0 Å². The van der Waals surface area contributed by atoms with Crippen LogP contribution in [0, 0.1) is 0 Å². The van der Waals surface area contributed by atoms with Gasteiger partial charge in [0.15, 0.2) is 0 Å². The van der Waals surface area contributed by atoms with Crippen LogP contribution in [-0.2, 0) is 9.59 Å². The SMILES string of the molecule is C/C=C/C=C/C(=O)O.C/C=C/C=C/C(=O)O.[CaH2]. The Bertz CT molecular complexity index is 282. The molecule has 0 unspecified atom stereocenters. The maximum atomic E-state index is 9.75. The van der Waals surface area contributed by atoms with Gasteiger partial charge in [-0.25, -0.2) is 9.59 Å². The molecule has 0 aliphatic rings. The van der Waals surface area contributed by atoms with E-state index in [1.54, 1.807) is 24.3 Å². The Kier molecular flexibility index (Phi) is 22.1. The number of hydrogen-bond acceptors (Lipinski definition) is 2. The molecule has 0 radical (unpaired) electrons.